The Morgan fingerprint density at radius 3 is 2.25 bits per heavy atom. The molecule has 1 heteroatoms. The molecule has 0 atom stereocenters. The predicted molar refractivity (Wildman–Crippen MR) is 70.1 cm³/mol. The lowest BCUT2D eigenvalue weighted by atomic mass is 10.0. The van der Waals surface area contributed by atoms with Crippen LogP contribution in [0.2, 0.25) is 0 Å². The number of rotatable bonds is 6. The zero-order valence-electron chi connectivity index (χ0n) is 11.0. The second-order valence-electron chi connectivity index (χ2n) is 4.69. The minimum atomic E-state index is 0.526. The van der Waals surface area contributed by atoms with Crippen LogP contribution in [0.1, 0.15) is 52.0 Å². The van der Waals surface area contributed by atoms with E-state index in [1.807, 2.05) is 6.07 Å². The molecule has 0 radical (unpaired) electrons. The second kappa shape index (κ2) is 6.57. The van der Waals surface area contributed by atoms with Crippen molar-refractivity contribution in [2.75, 3.05) is 6.61 Å². The Bertz CT molecular complexity index is 300. The highest BCUT2D eigenvalue weighted by atomic mass is 16.5. The Morgan fingerprint density at radius 1 is 1.06 bits per heavy atom. The Kier molecular flexibility index (Phi) is 5.37. The maximum absolute atomic E-state index is 5.94. The lowest BCUT2D eigenvalue weighted by Crippen LogP contribution is -2.11. The van der Waals surface area contributed by atoms with Crippen LogP contribution in [0.3, 0.4) is 0 Å². The van der Waals surface area contributed by atoms with Gasteiger partial charge in [0.05, 0.1) is 6.61 Å². The largest absolute Gasteiger partial charge is 0.493 e. The lowest BCUT2D eigenvalue weighted by Gasteiger charge is -2.17. The van der Waals surface area contributed by atoms with E-state index in [1.54, 1.807) is 0 Å². The third-order valence-electron chi connectivity index (χ3n) is 3.17. The van der Waals surface area contributed by atoms with E-state index in [0.717, 1.165) is 12.4 Å². The van der Waals surface area contributed by atoms with Gasteiger partial charge in [-0.1, -0.05) is 58.7 Å². The summed E-state index contributed by atoms with van der Waals surface area (Å²) >= 11 is 0. The van der Waals surface area contributed by atoms with Crippen LogP contribution in [-0.2, 0) is 0 Å². The average molecular weight is 220 g/mol. The van der Waals surface area contributed by atoms with Gasteiger partial charge in [-0.05, 0) is 23.5 Å². The number of ether oxygens (including phenoxy) is 1. The Labute approximate surface area is 99.8 Å². The standard InChI is InChI=1S/C15H24O/c1-5-13(6-2)11-16-15-10-8-7-9-14(15)12(3)4/h7-10,12-13H,5-6,11H2,1-4H3. The fourth-order valence-corrected chi connectivity index (χ4v) is 1.82. The Hall–Kier alpha value is -0.980. The molecule has 0 unspecified atom stereocenters. The van der Waals surface area contributed by atoms with Crippen LogP contribution in [0.25, 0.3) is 0 Å². The van der Waals surface area contributed by atoms with Gasteiger partial charge in [-0.2, -0.15) is 0 Å². The molecule has 0 N–H and O–H groups in total. The van der Waals surface area contributed by atoms with E-state index in [-0.39, 0.29) is 0 Å². The zero-order valence-corrected chi connectivity index (χ0v) is 11.0. The molecule has 16 heavy (non-hydrogen) atoms. The van der Waals surface area contributed by atoms with Crippen molar-refractivity contribution < 1.29 is 4.74 Å². The molecule has 1 aromatic carbocycles. The molecule has 0 aromatic heterocycles. The molecule has 1 rings (SSSR count). The molecular weight excluding hydrogens is 196 g/mol. The van der Waals surface area contributed by atoms with E-state index in [4.69, 9.17) is 4.74 Å². The van der Waals surface area contributed by atoms with Crippen molar-refractivity contribution in [3.63, 3.8) is 0 Å². The molecule has 1 aromatic rings. The van der Waals surface area contributed by atoms with Crippen LogP contribution in [0.5, 0.6) is 5.75 Å². The molecule has 0 saturated heterocycles. The van der Waals surface area contributed by atoms with E-state index in [1.165, 1.54) is 18.4 Å². The van der Waals surface area contributed by atoms with Gasteiger partial charge in [0, 0.05) is 0 Å². The van der Waals surface area contributed by atoms with E-state index in [0.29, 0.717) is 11.8 Å². The van der Waals surface area contributed by atoms with Gasteiger partial charge < -0.3 is 4.74 Å². The molecule has 0 bridgehead atoms. The summed E-state index contributed by atoms with van der Waals surface area (Å²) in [6.45, 7) is 9.72. The maximum atomic E-state index is 5.94. The van der Waals surface area contributed by atoms with Gasteiger partial charge in [-0.25, -0.2) is 0 Å². The first-order valence-corrected chi connectivity index (χ1v) is 6.40. The number of benzene rings is 1. The normalized spacial score (nSPS) is 11.1. The first-order valence-electron chi connectivity index (χ1n) is 6.40. The van der Waals surface area contributed by atoms with Gasteiger partial charge in [0.25, 0.3) is 0 Å². The second-order valence-corrected chi connectivity index (χ2v) is 4.69. The van der Waals surface area contributed by atoms with Crippen molar-refractivity contribution in [2.24, 2.45) is 5.92 Å². The molecule has 0 fully saturated rings. The van der Waals surface area contributed by atoms with E-state index < -0.39 is 0 Å². The van der Waals surface area contributed by atoms with Crippen molar-refractivity contribution in [1.29, 1.82) is 0 Å². The summed E-state index contributed by atoms with van der Waals surface area (Å²) in [4.78, 5) is 0. The fourth-order valence-electron chi connectivity index (χ4n) is 1.82. The quantitative estimate of drug-likeness (QED) is 0.679. The summed E-state index contributed by atoms with van der Waals surface area (Å²) in [5.41, 5.74) is 1.31. The van der Waals surface area contributed by atoms with Crippen LogP contribution in [0.4, 0.5) is 0 Å². The van der Waals surface area contributed by atoms with E-state index in [9.17, 15) is 0 Å². The predicted octanol–water partition coefficient (Wildman–Crippen LogP) is 4.63. The van der Waals surface area contributed by atoms with E-state index in [2.05, 4.69) is 45.9 Å². The summed E-state index contributed by atoms with van der Waals surface area (Å²) in [6, 6.07) is 8.37. The third-order valence-corrected chi connectivity index (χ3v) is 3.17. The highest BCUT2D eigenvalue weighted by Crippen LogP contribution is 2.26. The third kappa shape index (κ3) is 3.55. The molecule has 90 valence electrons. The number of hydrogen-bond acceptors (Lipinski definition) is 1. The lowest BCUT2D eigenvalue weighted by molar-refractivity contribution is 0.238. The fraction of sp³-hybridized carbons (Fsp3) is 0.600. The van der Waals surface area contributed by atoms with Gasteiger partial charge in [0.1, 0.15) is 5.75 Å². The number of para-hydroxylation sites is 1. The van der Waals surface area contributed by atoms with Crippen molar-refractivity contribution in [3.8, 4) is 5.75 Å². The summed E-state index contributed by atoms with van der Waals surface area (Å²) in [6.07, 6.45) is 2.39. The van der Waals surface area contributed by atoms with Gasteiger partial charge in [-0.3, -0.25) is 0 Å². The molecule has 0 amide bonds. The molecule has 0 spiro atoms. The molecule has 0 aliphatic carbocycles. The van der Waals surface area contributed by atoms with Crippen LogP contribution >= 0.6 is 0 Å². The Morgan fingerprint density at radius 2 is 1.69 bits per heavy atom. The summed E-state index contributed by atoms with van der Waals surface area (Å²) in [5, 5.41) is 0. The summed E-state index contributed by atoms with van der Waals surface area (Å²) in [5.74, 6) is 2.27. The first kappa shape index (κ1) is 13.1. The zero-order chi connectivity index (χ0) is 12.0. The molecule has 0 aliphatic heterocycles. The smallest absolute Gasteiger partial charge is 0.122 e. The van der Waals surface area contributed by atoms with Gasteiger partial charge in [0.2, 0.25) is 0 Å². The molecular formula is C15H24O. The van der Waals surface area contributed by atoms with Gasteiger partial charge >= 0.3 is 0 Å². The van der Waals surface area contributed by atoms with Crippen molar-refractivity contribution in [1.82, 2.24) is 0 Å². The SMILES string of the molecule is CCC(CC)COc1ccccc1C(C)C. The first-order chi connectivity index (χ1) is 7.69. The maximum Gasteiger partial charge on any atom is 0.122 e. The van der Waals surface area contributed by atoms with Gasteiger partial charge in [0.15, 0.2) is 0 Å². The Balaban J connectivity index is 2.66. The highest BCUT2D eigenvalue weighted by molar-refractivity contribution is 5.35. The minimum absolute atomic E-state index is 0.526. The van der Waals surface area contributed by atoms with Crippen LogP contribution in [0, 0.1) is 5.92 Å². The monoisotopic (exact) mass is 220 g/mol. The van der Waals surface area contributed by atoms with Crippen LogP contribution in [-0.4, -0.2) is 6.61 Å². The molecule has 0 aliphatic rings. The number of hydrogen-bond donors (Lipinski definition) is 0. The van der Waals surface area contributed by atoms with Crippen LogP contribution in [0.15, 0.2) is 24.3 Å². The van der Waals surface area contributed by atoms with Gasteiger partial charge in [-0.15, -0.1) is 0 Å². The van der Waals surface area contributed by atoms with Crippen molar-refractivity contribution >= 4 is 0 Å². The molecule has 0 saturated carbocycles. The highest BCUT2D eigenvalue weighted by Gasteiger charge is 2.09. The minimum Gasteiger partial charge on any atom is -0.493 e. The summed E-state index contributed by atoms with van der Waals surface area (Å²) in [7, 11) is 0. The topological polar surface area (TPSA) is 9.23 Å². The molecule has 0 heterocycles. The van der Waals surface area contributed by atoms with E-state index >= 15 is 0 Å². The average Bonchev–Trinajstić information content (AvgIpc) is 2.30. The van der Waals surface area contributed by atoms with Crippen molar-refractivity contribution in [2.45, 2.75) is 46.5 Å². The summed E-state index contributed by atoms with van der Waals surface area (Å²) < 4.78 is 5.94. The molecule has 1 nitrogen and oxygen atoms in total. The van der Waals surface area contributed by atoms with Crippen molar-refractivity contribution in [3.05, 3.63) is 29.8 Å². The van der Waals surface area contributed by atoms with Crippen LogP contribution < -0.4 is 4.74 Å².